The first-order valence-corrected chi connectivity index (χ1v) is 9.77. The lowest BCUT2D eigenvalue weighted by Crippen LogP contribution is -2.35. The van der Waals surface area contributed by atoms with Gasteiger partial charge < -0.3 is 9.64 Å². The number of carbonyl (C=O) groups excluding carboxylic acids is 2. The summed E-state index contributed by atoms with van der Waals surface area (Å²) in [6, 6.07) is 11.6. The first kappa shape index (κ1) is 20.7. The van der Waals surface area contributed by atoms with Crippen molar-refractivity contribution in [1.29, 1.82) is 0 Å². The van der Waals surface area contributed by atoms with Crippen molar-refractivity contribution in [3.8, 4) is 0 Å². The highest BCUT2D eigenvalue weighted by Crippen LogP contribution is 2.22. The monoisotopic (exact) mass is 410 g/mol. The first-order chi connectivity index (χ1) is 12.6. The number of esters is 1. The van der Waals surface area contributed by atoms with Crippen LogP contribution in [0, 0.1) is 0 Å². The second-order valence-corrected chi connectivity index (χ2v) is 8.00. The van der Waals surface area contributed by atoms with Crippen LogP contribution in [-0.2, 0) is 19.6 Å². The number of rotatable bonds is 6. The van der Waals surface area contributed by atoms with E-state index in [0.29, 0.717) is 5.02 Å². The third kappa shape index (κ3) is 5.21. The number of ether oxygens (including phenoxy) is 1. The van der Waals surface area contributed by atoms with Crippen LogP contribution < -0.4 is 4.72 Å². The van der Waals surface area contributed by atoms with Gasteiger partial charge in [-0.15, -0.1) is 0 Å². The van der Waals surface area contributed by atoms with E-state index in [2.05, 4.69) is 4.72 Å². The van der Waals surface area contributed by atoms with Gasteiger partial charge in [0.15, 0.2) is 6.10 Å². The van der Waals surface area contributed by atoms with E-state index in [0.717, 1.165) is 0 Å². The van der Waals surface area contributed by atoms with Gasteiger partial charge in [0.25, 0.3) is 15.9 Å². The van der Waals surface area contributed by atoms with Gasteiger partial charge in [-0.3, -0.25) is 9.52 Å². The van der Waals surface area contributed by atoms with Crippen LogP contribution in [-0.4, -0.2) is 45.4 Å². The van der Waals surface area contributed by atoms with Gasteiger partial charge in [0.05, 0.1) is 16.1 Å². The summed E-state index contributed by atoms with van der Waals surface area (Å²) in [5, 5.41) is 0.400. The van der Waals surface area contributed by atoms with E-state index in [1.807, 2.05) is 0 Å². The second-order valence-electron chi connectivity index (χ2n) is 5.89. The molecule has 144 valence electrons. The topological polar surface area (TPSA) is 92.8 Å². The Morgan fingerprint density at radius 2 is 1.67 bits per heavy atom. The quantitative estimate of drug-likeness (QED) is 0.739. The number of carbonyl (C=O) groups is 2. The molecule has 1 amide bonds. The lowest BCUT2D eigenvalue weighted by molar-refractivity contribution is -0.137. The average molecular weight is 411 g/mol. The van der Waals surface area contributed by atoms with E-state index < -0.39 is 22.1 Å². The Hall–Kier alpha value is -2.58. The lowest BCUT2D eigenvalue weighted by Gasteiger charge is -2.18. The SMILES string of the molecule is C[C@@H](OC(=O)c1ccccc1NS(=O)(=O)c1ccc(Cl)cc1)C(=O)N(C)C. The maximum atomic E-state index is 12.5. The summed E-state index contributed by atoms with van der Waals surface area (Å²) in [6.07, 6.45) is -1.01. The molecule has 2 rings (SSSR count). The van der Waals surface area contributed by atoms with Gasteiger partial charge >= 0.3 is 5.97 Å². The van der Waals surface area contributed by atoms with Crippen molar-refractivity contribution in [2.24, 2.45) is 0 Å². The van der Waals surface area contributed by atoms with Crippen LogP contribution in [0.1, 0.15) is 17.3 Å². The number of para-hydroxylation sites is 1. The largest absolute Gasteiger partial charge is 0.449 e. The number of halogens is 1. The zero-order valence-corrected chi connectivity index (χ0v) is 16.5. The van der Waals surface area contributed by atoms with Crippen LogP contribution in [0.2, 0.25) is 5.02 Å². The van der Waals surface area contributed by atoms with Crippen LogP contribution in [0.3, 0.4) is 0 Å². The van der Waals surface area contributed by atoms with Crippen molar-refractivity contribution in [2.45, 2.75) is 17.9 Å². The normalized spacial score (nSPS) is 12.1. The third-order valence-corrected chi connectivity index (χ3v) is 5.22. The average Bonchev–Trinajstić information content (AvgIpc) is 2.61. The number of likely N-dealkylation sites (N-methyl/N-ethyl adjacent to an activating group) is 1. The molecule has 0 spiro atoms. The minimum atomic E-state index is -3.94. The summed E-state index contributed by atoms with van der Waals surface area (Å²) < 4.78 is 32.6. The highest BCUT2D eigenvalue weighted by atomic mass is 35.5. The van der Waals surface area contributed by atoms with Crippen LogP contribution in [0.4, 0.5) is 5.69 Å². The second kappa shape index (κ2) is 8.41. The van der Waals surface area contributed by atoms with Crippen molar-refractivity contribution in [1.82, 2.24) is 4.90 Å². The number of nitrogens with one attached hydrogen (secondary N) is 1. The van der Waals surface area contributed by atoms with Crippen molar-refractivity contribution in [2.75, 3.05) is 18.8 Å². The van der Waals surface area contributed by atoms with E-state index in [-0.39, 0.29) is 22.1 Å². The Balaban J connectivity index is 2.26. The summed E-state index contributed by atoms with van der Waals surface area (Å²) in [6.45, 7) is 1.45. The van der Waals surface area contributed by atoms with Gasteiger partial charge in [0, 0.05) is 19.1 Å². The fourth-order valence-electron chi connectivity index (χ4n) is 2.21. The van der Waals surface area contributed by atoms with Gasteiger partial charge in [0.2, 0.25) is 0 Å². The Morgan fingerprint density at radius 3 is 2.26 bits per heavy atom. The Labute approximate surface area is 162 Å². The van der Waals surface area contributed by atoms with Gasteiger partial charge in [0.1, 0.15) is 0 Å². The molecular weight excluding hydrogens is 392 g/mol. The van der Waals surface area contributed by atoms with Crippen molar-refractivity contribution < 1.29 is 22.7 Å². The number of hydrogen-bond donors (Lipinski definition) is 1. The van der Waals surface area contributed by atoms with Crippen molar-refractivity contribution in [3.63, 3.8) is 0 Å². The molecule has 7 nitrogen and oxygen atoms in total. The van der Waals surface area contributed by atoms with E-state index in [9.17, 15) is 18.0 Å². The van der Waals surface area contributed by atoms with E-state index >= 15 is 0 Å². The fraction of sp³-hybridized carbons (Fsp3) is 0.222. The van der Waals surface area contributed by atoms with E-state index in [4.69, 9.17) is 16.3 Å². The third-order valence-electron chi connectivity index (χ3n) is 3.59. The summed E-state index contributed by atoms with van der Waals surface area (Å²) in [5.74, 6) is -1.20. The smallest absolute Gasteiger partial charge is 0.341 e. The zero-order chi connectivity index (χ0) is 20.2. The number of benzene rings is 2. The maximum absolute atomic E-state index is 12.5. The van der Waals surface area contributed by atoms with Crippen LogP contribution >= 0.6 is 11.6 Å². The molecule has 2 aromatic rings. The highest BCUT2D eigenvalue weighted by Gasteiger charge is 2.23. The maximum Gasteiger partial charge on any atom is 0.341 e. The Bertz CT molecular complexity index is 942. The van der Waals surface area contributed by atoms with Gasteiger partial charge in [-0.1, -0.05) is 23.7 Å². The molecule has 0 saturated carbocycles. The van der Waals surface area contributed by atoms with Crippen LogP contribution in [0.25, 0.3) is 0 Å². The summed E-state index contributed by atoms with van der Waals surface area (Å²) in [5.41, 5.74) is 0.0374. The molecule has 0 fully saturated rings. The van der Waals surface area contributed by atoms with Crippen LogP contribution in [0.15, 0.2) is 53.4 Å². The van der Waals surface area contributed by atoms with E-state index in [1.54, 1.807) is 26.2 Å². The standard InChI is InChI=1S/C18H19ClN2O5S/c1-12(17(22)21(2)3)26-18(23)15-6-4-5-7-16(15)20-27(24,25)14-10-8-13(19)9-11-14/h4-12,20H,1-3H3/t12-/m1/s1. The Morgan fingerprint density at radius 1 is 1.07 bits per heavy atom. The number of anilines is 1. The molecule has 0 unspecified atom stereocenters. The molecule has 0 aliphatic heterocycles. The van der Waals surface area contributed by atoms with Gasteiger partial charge in [-0.2, -0.15) is 0 Å². The van der Waals surface area contributed by atoms with E-state index in [1.165, 1.54) is 48.2 Å². The van der Waals surface area contributed by atoms with Gasteiger partial charge in [-0.05, 0) is 43.3 Å². The number of sulfonamides is 1. The molecule has 27 heavy (non-hydrogen) atoms. The predicted octanol–water partition coefficient (Wildman–Crippen LogP) is 2.77. The summed E-state index contributed by atoms with van der Waals surface area (Å²) in [7, 11) is -0.851. The van der Waals surface area contributed by atoms with Crippen molar-refractivity contribution >= 4 is 39.2 Å². The lowest BCUT2D eigenvalue weighted by atomic mass is 10.2. The Kier molecular flexibility index (Phi) is 6.45. The zero-order valence-electron chi connectivity index (χ0n) is 15.0. The molecule has 1 N–H and O–H groups in total. The molecule has 0 aromatic heterocycles. The predicted molar refractivity (Wildman–Crippen MR) is 102 cm³/mol. The summed E-state index contributed by atoms with van der Waals surface area (Å²) >= 11 is 5.78. The number of amides is 1. The molecular formula is C18H19ClN2O5S. The minimum Gasteiger partial charge on any atom is -0.449 e. The molecule has 1 atom stereocenters. The van der Waals surface area contributed by atoms with Gasteiger partial charge in [-0.25, -0.2) is 13.2 Å². The molecule has 0 bridgehead atoms. The molecule has 9 heteroatoms. The fourth-order valence-corrected chi connectivity index (χ4v) is 3.41. The minimum absolute atomic E-state index is 0.00607. The van der Waals surface area contributed by atoms with Crippen molar-refractivity contribution in [3.05, 3.63) is 59.1 Å². The highest BCUT2D eigenvalue weighted by molar-refractivity contribution is 7.92. The molecule has 0 aliphatic carbocycles. The molecule has 0 saturated heterocycles. The van der Waals surface area contributed by atoms with Crippen LogP contribution in [0.5, 0.6) is 0 Å². The molecule has 2 aromatic carbocycles. The number of hydrogen-bond acceptors (Lipinski definition) is 5. The number of nitrogens with zero attached hydrogens (tertiary/aromatic N) is 1. The molecule has 0 aliphatic rings. The molecule has 0 radical (unpaired) electrons. The summed E-state index contributed by atoms with van der Waals surface area (Å²) in [4.78, 5) is 25.6. The molecule has 0 heterocycles. The first-order valence-electron chi connectivity index (χ1n) is 7.91.